The van der Waals surface area contributed by atoms with Crippen molar-refractivity contribution in [3.8, 4) is 0 Å². The van der Waals surface area contributed by atoms with Crippen molar-refractivity contribution in [3.63, 3.8) is 0 Å². The van der Waals surface area contributed by atoms with E-state index in [1.54, 1.807) is 6.92 Å². The lowest BCUT2D eigenvalue weighted by Crippen LogP contribution is -2.63. The minimum Gasteiger partial charge on any atom is -0.307 e. The number of carbonyl (C=O) groups is 1. The largest absolute Gasteiger partial charge is 0.307 e. The first-order valence-corrected chi connectivity index (χ1v) is 10.9. The molecule has 1 rings (SSSR count). The molecule has 0 spiro atoms. The molecule has 3 atom stereocenters. The predicted molar refractivity (Wildman–Crippen MR) is 112 cm³/mol. The summed E-state index contributed by atoms with van der Waals surface area (Å²) in [6.07, 6.45) is 20.0. The van der Waals surface area contributed by atoms with E-state index in [-0.39, 0.29) is 12.1 Å². The lowest BCUT2D eigenvalue weighted by molar-refractivity contribution is -0.959. The molecule has 150 valence electrons. The SMILES string of the molecule is CCCCCCC/C=C/CCCCC1N=CC[N+]1(CC)C(C)NC(C)=O. The number of carbonyl (C=O) groups excluding carboxylic acids is 1. The Kier molecular flexibility index (Phi) is 11.5. The van der Waals surface area contributed by atoms with Gasteiger partial charge < -0.3 is 5.32 Å². The van der Waals surface area contributed by atoms with Gasteiger partial charge in [0.15, 0.2) is 12.3 Å². The van der Waals surface area contributed by atoms with Crippen molar-refractivity contribution < 1.29 is 9.28 Å². The number of rotatable bonds is 14. The van der Waals surface area contributed by atoms with Crippen molar-refractivity contribution in [1.29, 1.82) is 0 Å². The zero-order chi connectivity index (χ0) is 19.3. The Hall–Kier alpha value is -1.16. The molecule has 0 aromatic heterocycles. The van der Waals surface area contributed by atoms with Crippen LogP contribution < -0.4 is 5.32 Å². The normalized spacial score (nSPS) is 23.6. The van der Waals surface area contributed by atoms with Gasteiger partial charge in [-0.05, 0) is 39.0 Å². The summed E-state index contributed by atoms with van der Waals surface area (Å²) in [5.41, 5.74) is 0. The number of hydrogen-bond acceptors (Lipinski definition) is 2. The summed E-state index contributed by atoms with van der Waals surface area (Å²) < 4.78 is 0.868. The zero-order valence-electron chi connectivity index (χ0n) is 17.7. The fourth-order valence-electron chi connectivity index (χ4n) is 4.05. The summed E-state index contributed by atoms with van der Waals surface area (Å²) >= 11 is 0. The third kappa shape index (κ3) is 7.61. The molecule has 0 radical (unpaired) electrons. The molecular weight excluding hydrogens is 322 g/mol. The zero-order valence-corrected chi connectivity index (χ0v) is 17.7. The van der Waals surface area contributed by atoms with E-state index in [4.69, 9.17) is 4.99 Å². The Morgan fingerprint density at radius 3 is 2.42 bits per heavy atom. The maximum absolute atomic E-state index is 11.5. The number of nitrogens with zero attached hydrogens (tertiary/aromatic N) is 2. The fourth-order valence-corrected chi connectivity index (χ4v) is 4.05. The number of aliphatic imine (C=N–C) groups is 1. The summed E-state index contributed by atoms with van der Waals surface area (Å²) in [5.74, 6) is 0.0499. The van der Waals surface area contributed by atoms with E-state index in [1.807, 2.05) is 0 Å². The van der Waals surface area contributed by atoms with Gasteiger partial charge in [0.05, 0.1) is 12.8 Å². The Balaban J connectivity index is 2.24. The van der Waals surface area contributed by atoms with E-state index in [2.05, 4.69) is 44.5 Å². The molecule has 0 aromatic rings. The summed E-state index contributed by atoms with van der Waals surface area (Å²) in [5, 5.41) is 3.09. The van der Waals surface area contributed by atoms with Gasteiger partial charge in [-0.15, -0.1) is 0 Å². The maximum Gasteiger partial charge on any atom is 0.221 e. The average Bonchev–Trinajstić information content (AvgIpc) is 3.03. The second kappa shape index (κ2) is 13.1. The van der Waals surface area contributed by atoms with Crippen LogP contribution in [0.2, 0.25) is 0 Å². The highest BCUT2D eigenvalue weighted by Crippen LogP contribution is 2.26. The van der Waals surface area contributed by atoms with Crippen LogP contribution in [0.15, 0.2) is 17.1 Å². The standard InChI is InChI=1S/C22H41N3O/c1-5-7-8-9-10-11-12-13-14-15-16-17-22-23-18-19-25(22,6-2)20(3)24-21(4)26/h12-13,18,20,22H,5-11,14-17,19H2,1-4H3/p+1/b13-12+. The molecule has 4 heteroatoms. The smallest absolute Gasteiger partial charge is 0.221 e. The fraction of sp³-hybridized carbons (Fsp3) is 0.818. The lowest BCUT2D eigenvalue weighted by Gasteiger charge is -2.42. The molecule has 4 nitrogen and oxygen atoms in total. The first kappa shape index (κ1) is 22.9. The first-order chi connectivity index (χ1) is 12.6. The van der Waals surface area contributed by atoms with E-state index >= 15 is 0 Å². The Bertz CT molecular complexity index is 447. The second-order valence-electron chi connectivity index (χ2n) is 7.75. The van der Waals surface area contributed by atoms with Crippen LogP contribution in [0.5, 0.6) is 0 Å². The number of nitrogens with one attached hydrogen (secondary N) is 1. The van der Waals surface area contributed by atoms with Crippen molar-refractivity contribution in [2.45, 2.75) is 104 Å². The highest BCUT2D eigenvalue weighted by atomic mass is 16.1. The molecule has 1 aliphatic rings. The van der Waals surface area contributed by atoms with Crippen LogP contribution in [-0.2, 0) is 4.79 Å². The van der Waals surface area contributed by atoms with Crippen LogP contribution in [0.1, 0.15) is 91.9 Å². The molecule has 1 amide bonds. The van der Waals surface area contributed by atoms with Gasteiger partial charge in [0, 0.05) is 20.3 Å². The van der Waals surface area contributed by atoms with Crippen LogP contribution in [0.25, 0.3) is 0 Å². The van der Waals surface area contributed by atoms with E-state index in [0.29, 0.717) is 6.17 Å². The summed E-state index contributed by atoms with van der Waals surface area (Å²) in [4.78, 5) is 16.2. The van der Waals surface area contributed by atoms with E-state index in [0.717, 1.165) is 24.0 Å². The third-order valence-corrected chi connectivity index (χ3v) is 5.79. The molecule has 0 bridgehead atoms. The summed E-state index contributed by atoms with van der Waals surface area (Å²) in [6.45, 7) is 10.1. The van der Waals surface area contributed by atoms with Crippen LogP contribution in [0.3, 0.4) is 0 Å². The van der Waals surface area contributed by atoms with Gasteiger partial charge in [0.25, 0.3) is 0 Å². The molecule has 0 saturated heterocycles. The summed E-state index contributed by atoms with van der Waals surface area (Å²) in [6, 6.07) is 0. The van der Waals surface area contributed by atoms with E-state index in [9.17, 15) is 4.79 Å². The number of unbranched alkanes of at least 4 members (excludes halogenated alkanes) is 7. The number of hydrogen-bond donors (Lipinski definition) is 1. The molecular formula is C22H42N3O+. The molecule has 0 saturated carbocycles. The van der Waals surface area contributed by atoms with Crippen molar-refractivity contribution in [2.24, 2.45) is 4.99 Å². The van der Waals surface area contributed by atoms with Gasteiger partial charge in [0.2, 0.25) is 5.91 Å². The maximum atomic E-state index is 11.5. The van der Waals surface area contributed by atoms with Gasteiger partial charge in [-0.3, -0.25) is 9.28 Å². The van der Waals surface area contributed by atoms with E-state index < -0.39 is 0 Å². The average molecular weight is 365 g/mol. The molecule has 0 aromatic carbocycles. The number of quaternary nitrogens is 1. The molecule has 1 aliphatic heterocycles. The Morgan fingerprint density at radius 1 is 1.15 bits per heavy atom. The highest BCUT2D eigenvalue weighted by molar-refractivity contribution is 5.73. The lowest BCUT2D eigenvalue weighted by atomic mass is 10.1. The highest BCUT2D eigenvalue weighted by Gasteiger charge is 2.42. The molecule has 0 aliphatic carbocycles. The minimum absolute atomic E-state index is 0.0499. The minimum atomic E-state index is 0.0499. The monoisotopic (exact) mass is 364 g/mol. The van der Waals surface area contributed by atoms with Gasteiger partial charge in [-0.1, -0.05) is 44.8 Å². The van der Waals surface area contributed by atoms with Crippen molar-refractivity contribution in [3.05, 3.63) is 12.2 Å². The molecule has 26 heavy (non-hydrogen) atoms. The first-order valence-electron chi connectivity index (χ1n) is 10.9. The second-order valence-corrected chi connectivity index (χ2v) is 7.75. The van der Waals surface area contributed by atoms with Crippen molar-refractivity contribution >= 4 is 12.1 Å². The van der Waals surface area contributed by atoms with Crippen LogP contribution in [0.4, 0.5) is 0 Å². The molecule has 1 heterocycles. The van der Waals surface area contributed by atoms with Crippen molar-refractivity contribution in [2.75, 3.05) is 13.1 Å². The predicted octanol–water partition coefficient (Wildman–Crippen LogP) is 5.19. The topological polar surface area (TPSA) is 41.5 Å². The third-order valence-electron chi connectivity index (χ3n) is 5.79. The van der Waals surface area contributed by atoms with Crippen LogP contribution in [0, 0.1) is 0 Å². The molecule has 1 N–H and O–H groups in total. The van der Waals surface area contributed by atoms with Crippen LogP contribution >= 0.6 is 0 Å². The van der Waals surface area contributed by atoms with Gasteiger partial charge >= 0.3 is 0 Å². The van der Waals surface area contributed by atoms with Gasteiger partial charge in [-0.2, -0.15) is 0 Å². The number of allylic oxidation sites excluding steroid dienone is 2. The Morgan fingerprint density at radius 2 is 1.81 bits per heavy atom. The Labute approximate surface area is 161 Å². The van der Waals surface area contributed by atoms with Crippen LogP contribution in [-0.4, -0.2) is 42.0 Å². The molecule has 0 fully saturated rings. The van der Waals surface area contributed by atoms with Crippen molar-refractivity contribution in [1.82, 2.24) is 5.32 Å². The number of amides is 1. The quantitative estimate of drug-likeness (QED) is 0.257. The molecule has 3 unspecified atom stereocenters. The van der Waals surface area contributed by atoms with E-state index in [1.165, 1.54) is 57.8 Å². The van der Waals surface area contributed by atoms with Gasteiger partial charge in [-0.25, -0.2) is 4.99 Å². The summed E-state index contributed by atoms with van der Waals surface area (Å²) in [7, 11) is 0. The van der Waals surface area contributed by atoms with Gasteiger partial charge in [0.1, 0.15) is 6.54 Å².